The summed E-state index contributed by atoms with van der Waals surface area (Å²) in [6.07, 6.45) is -1.72. The van der Waals surface area contributed by atoms with Crippen LogP contribution in [0.2, 0.25) is 0 Å². The lowest BCUT2D eigenvalue weighted by Crippen LogP contribution is -2.28. The second kappa shape index (κ2) is 6.32. The molecule has 0 aromatic carbocycles. The Hall–Kier alpha value is -1.66. The normalized spacial score (nSPS) is 14.0. The number of carbonyl (C=O) groups excluding carboxylic acids is 1. The van der Waals surface area contributed by atoms with E-state index < -0.39 is 12.2 Å². The van der Waals surface area contributed by atoms with Crippen molar-refractivity contribution in [2.45, 2.75) is 32.5 Å². The number of pyridine rings is 1. The Labute approximate surface area is 106 Å². The van der Waals surface area contributed by atoms with Crippen LogP contribution in [0, 0.1) is 6.92 Å². The van der Waals surface area contributed by atoms with E-state index in [-0.39, 0.29) is 12.3 Å². The topological polar surface area (TPSA) is 108 Å². The number of hydrogen-bond acceptors (Lipinski definition) is 5. The van der Waals surface area contributed by atoms with Crippen LogP contribution in [0.1, 0.15) is 30.7 Å². The van der Waals surface area contributed by atoms with E-state index in [4.69, 9.17) is 5.73 Å². The minimum atomic E-state index is -1.04. The summed E-state index contributed by atoms with van der Waals surface area (Å²) in [6, 6.07) is 3.22. The van der Waals surface area contributed by atoms with Crippen molar-refractivity contribution in [2.24, 2.45) is 0 Å². The highest BCUT2D eigenvalue weighted by molar-refractivity contribution is 5.72. The lowest BCUT2D eigenvalue weighted by molar-refractivity contribution is -0.119. The van der Waals surface area contributed by atoms with Crippen molar-refractivity contribution >= 4 is 11.7 Å². The van der Waals surface area contributed by atoms with Crippen molar-refractivity contribution in [1.29, 1.82) is 0 Å². The first kappa shape index (κ1) is 14.4. The van der Waals surface area contributed by atoms with Crippen LogP contribution in [0.4, 0.5) is 5.82 Å². The third kappa shape index (κ3) is 3.97. The van der Waals surface area contributed by atoms with Gasteiger partial charge in [0.05, 0.1) is 6.10 Å². The molecule has 2 unspecified atom stereocenters. The molecule has 2 atom stereocenters. The number of nitrogens with zero attached hydrogens (tertiary/aromatic N) is 1. The number of aromatic nitrogens is 1. The maximum absolute atomic E-state index is 10.7. The zero-order chi connectivity index (χ0) is 13.7. The molecule has 0 aliphatic rings. The fourth-order valence-corrected chi connectivity index (χ4v) is 1.67. The highest BCUT2D eigenvalue weighted by Crippen LogP contribution is 2.21. The predicted octanol–water partition coefficient (Wildman–Crippen LogP) is -0.107. The van der Waals surface area contributed by atoms with Gasteiger partial charge in [-0.2, -0.15) is 0 Å². The van der Waals surface area contributed by atoms with E-state index in [1.807, 2.05) is 0 Å². The third-order valence-corrected chi connectivity index (χ3v) is 2.65. The minimum Gasteiger partial charge on any atom is -0.390 e. The van der Waals surface area contributed by atoms with E-state index in [1.54, 1.807) is 19.1 Å². The molecule has 1 aromatic rings. The highest BCUT2D eigenvalue weighted by atomic mass is 16.3. The van der Waals surface area contributed by atoms with Crippen molar-refractivity contribution in [3.05, 3.63) is 23.4 Å². The molecule has 0 spiro atoms. The van der Waals surface area contributed by atoms with E-state index >= 15 is 0 Å². The summed E-state index contributed by atoms with van der Waals surface area (Å²) in [4.78, 5) is 14.7. The van der Waals surface area contributed by atoms with Crippen LogP contribution in [-0.2, 0) is 4.79 Å². The molecular weight excluding hydrogens is 234 g/mol. The highest BCUT2D eigenvalue weighted by Gasteiger charge is 2.20. The minimum absolute atomic E-state index is 0.165. The number of amides is 1. The zero-order valence-corrected chi connectivity index (χ0v) is 10.6. The number of nitrogen functional groups attached to an aromatic ring is 1. The van der Waals surface area contributed by atoms with Gasteiger partial charge in [-0.25, -0.2) is 4.98 Å². The number of rotatable bonds is 5. The van der Waals surface area contributed by atoms with Crippen LogP contribution in [0.15, 0.2) is 12.1 Å². The first-order valence-electron chi connectivity index (χ1n) is 5.75. The number of aliphatic hydroxyl groups excluding tert-OH is 2. The molecule has 1 rings (SSSR count). The molecule has 0 bridgehead atoms. The summed E-state index contributed by atoms with van der Waals surface area (Å²) in [6.45, 7) is 3.43. The molecule has 0 saturated heterocycles. The predicted molar refractivity (Wildman–Crippen MR) is 67.7 cm³/mol. The molecule has 5 N–H and O–H groups in total. The van der Waals surface area contributed by atoms with Gasteiger partial charge in [0.15, 0.2) is 0 Å². The van der Waals surface area contributed by atoms with Crippen LogP contribution in [0.5, 0.6) is 0 Å². The Balaban J connectivity index is 2.62. The molecule has 1 heterocycles. The average molecular weight is 253 g/mol. The number of hydrogen-bond donors (Lipinski definition) is 4. The van der Waals surface area contributed by atoms with Gasteiger partial charge in [-0.1, -0.05) is 6.07 Å². The van der Waals surface area contributed by atoms with Gasteiger partial charge in [0.2, 0.25) is 5.91 Å². The molecule has 1 amide bonds. The number of carbonyl (C=O) groups is 1. The molecule has 0 aliphatic heterocycles. The lowest BCUT2D eigenvalue weighted by atomic mass is 10.0. The number of nitrogens with one attached hydrogen (secondary N) is 1. The van der Waals surface area contributed by atoms with Gasteiger partial charge in [0, 0.05) is 24.7 Å². The largest absolute Gasteiger partial charge is 0.390 e. The van der Waals surface area contributed by atoms with Crippen LogP contribution in [0.25, 0.3) is 0 Å². The van der Waals surface area contributed by atoms with Crippen molar-refractivity contribution in [1.82, 2.24) is 10.3 Å². The van der Waals surface area contributed by atoms with Crippen LogP contribution in [-0.4, -0.2) is 33.8 Å². The summed E-state index contributed by atoms with van der Waals surface area (Å²) < 4.78 is 0. The Morgan fingerprint density at radius 2 is 2.17 bits per heavy atom. The molecule has 18 heavy (non-hydrogen) atoms. The standard InChI is InChI=1S/C12H19N3O3/c1-7-9(3-4-11(13)15-7)12(18)10(17)5-6-14-8(2)16/h3-4,10,12,17-18H,5-6H2,1-2H3,(H2,13,15)(H,14,16). The maximum atomic E-state index is 10.7. The lowest BCUT2D eigenvalue weighted by Gasteiger charge is -2.19. The number of aliphatic hydroxyl groups is 2. The Bertz CT molecular complexity index is 423. The van der Waals surface area contributed by atoms with Crippen molar-refractivity contribution in [3.8, 4) is 0 Å². The van der Waals surface area contributed by atoms with Gasteiger partial charge in [-0.15, -0.1) is 0 Å². The maximum Gasteiger partial charge on any atom is 0.216 e. The average Bonchev–Trinajstić information content (AvgIpc) is 2.27. The van der Waals surface area contributed by atoms with E-state index in [0.29, 0.717) is 23.6 Å². The van der Waals surface area contributed by atoms with Crippen LogP contribution < -0.4 is 11.1 Å². The molecule has 6 heteroatoms. The van der Waals surface area contributed by atoms with Gasteiger partial charge in [0.1, 0.15) is 11.9 Å². The molecule has 0 radical (unpaired) electrons. The van der Waals surface area contributed by atoms with E-state index in [0.717, 1.165) is 0 Å². The summed E-state index contributed by atoms with van der Waals surface area (Å²) >= 11 is 0. The summed E-state index contributed by atoms with van der Waals surface area (Å²) in [5.41, 5.74) is 6.64. The monoisotopic (exact) mass is 253 g/mol. The van der Waals surface area contributed by atoms with E-state index in [2.05, 4.69) is 10.3 Å². The second-order valence-corrected chi connectivity index (χ2v) is 4.19. The first-order valence-corrected chi connectivity index (χ1v) is 5.75. The Kier molecular flexibility index (Phi) is 5.06. The molecule has 0 aliphatic carbocycles. The molecular formula is C12H19N3O3. The summed E-state index contributed by atoms with van der Waals surface area (Å²) in [5.74, 6) is 0.207. The number of nitrogens with two attached hydrogens (primary N) is 1. The van der Waals surface area contributed by atoms with Crippen LogP contribution >= 0.6 is 0 Å². The van der Waals surface area contributed by atoms with Gasteiger partial charge >= 0.3 is 0 Å². The van der Waals surface area contributed by atoms with Crippen molar-refractivity contribution < 1.29 is 15.0 Å². The van der Waals surface area contributed by atoms with Gasteiger partial charge in [-0.05, 0) is 19.4 Å². The van der Waals surface area contributed by atoms with Gasteiger partial charge in [-0.3, -0.25) is 4.79 Å². The quantitative estimate of drug-likeness (QED) is 0.585. The van der Waals surface area contributed by atoms with E-state index in [9.17, 15) is 15.0 Å². The SMILES string of the molecule is CC(=O)NCCC(O)C(O)c1ccc(N)nc1C. The van der Waals surface area contributed by atoms with Gasteiger partial charge in [0.25, 0.3) is 0 Å². The Morgan fingerprint density at radius 1 is 1.50 bits per heavy atom. The Morgan fingerprint density at radius 3 is 2.72 bits per heavy atom. The van der Waals surface area contributed by atoms with Gasteiger partial charge < -0.3 is 21.3 Å². The number of anilines is 1. The summed E-state index contributed by atoms with van der Waals surface area (Å²) in [7, 11) is 0. The second-order valence-electron chi connectivity index (χ2n) is 4.19. The third-order valence-electron chi connectivity index (χ3n) is 2.65. The zero-order valence-electron chi connectivity index (χ0n) is 10.6. The molecule has 0 saturated carbocycles. The van der Waals surface area contributed by atoms with E-state index in [1.165, 1.54) is 6.92 Å². The molecule has 0 fully saturated rings. The molecule has 1 aromatic heterocycles. The molecule has 6 nitrogen and oxygen atoms in total. The molecule has 100 valence electrons. The van der Waals surface area contributed by atoms with Crippen molar-refractivity contribution in [2.75, 3.05) is 12.3 Å². The first-order chi connectivity index (χ1) is 8.41. The summed E-state index contributed by atoms with van der Waals surface area (Å²) in [5, 5.41) is 22.4. The fourth-order valence-electron chi connectivity index (χ4n) is 1.67. The fraction of sp³-hybridized carbons (Fsp3) is 0.500. The smallest absolute Gasteiger partial charge is 0.216 e. The van der Waals surface area contributed by atoms with Crippen molar-refractivity contribution in [3.63, 3.8) is 0 Å². The van der Waals surface area contributed by atoms with Crippen LogP contribution in [0.3, 0.4) is 0 Å². The number of aryl methyl sites for hydroxylation is 1.